The molecule has 1 amide bonds. The molecule has 0 atom stereocenters. The van der Waals surface area contributed by atoms with Crippen molar-refractivity contribution < 1.29 is 9.53 Å². The summed E-state index contributed by atoms with van der Waals surface area (Å²) in [5.74, 6) is 0.640. The smallest absolute Gasteiger partial charge is 0.257 e. The quantitative estimate of drug-likeness (QED) is 0.836. The largest absolute Gasteiger partial charge is 0.484 e. The number of rotatable bonds is 6. The molecule has 0 aliphatic heterocycles. The first kappa shape index (κ1) is 14.9. The van der Waals surface area contributed by atoms with E-state index in [1.165, 1.54) is 19.3 Å². The van der Waals surface area contributed by atoms with E-state index >= 15 is 0 Å². The third kappa shape index (κ3) is 4.23. The Morgan fingerprint density at radius 1 is 1.20 bits per heavy atom. The molecule has 0 heterocycles. The Bertz CT molecular complexity index is 414. The highest BCUT2D eigenvalue weighted by atomic mass is 16.5. The van der Waals surface area contributed by atoms with E-state index in [4.69, 9.17) is 10.5 Å². The molecule has 1 aliphatic carbocycles. The number of carbonyl (C=O) groups excluding carboxylic acids is 1. The molecule has 20 heavy (non-hydrogen) atoms. The summed E-state index contributed by atoms with van der Waals surface area (Å²) in [4.78, 5) is 11.8. The van der Waals surface area contributed by atoms with E-state index in [9.17, 15) is 4.79 Å². The highest BCUT2D eigenvalue weighted by Gasteiger charge is 2.30. The Balaban J connectivity index is 1.74. The molecule has 1 aliphatic rings. The van der Waals surface area contributed by atoms with Crippen molar-refractivity contribution in [2.45, 2.75) is 32.1 Å². The zero-order valence-corrected chi connectivity index (χ0v) is 11.9. The van der Waals surface area contributed by atoms with Gasteiger partial charge in [-0.1, -0.05) is 37.5 Å². The fourth-order valence-corrected chi connectivity index (χ4v) is 2.76. The molecular formula is C16H24N2O2. The third-order valence-electron chi connectivity index (χ3n) is 4.12. The first-order valence-corrected chi connectivity index (χ1v) is 7.39. The van der Waals surface area contributed by atoms with Crippen LogP contribution in [0.4, 0.5) is 0 Å². The van der Waals surface area contributed by atoms with Crippen LogP contribution in [0.2, 0.25) is 0 Å². The number of para-hydroxylation sites is 1. The lowest BCUT2D eigenvalue weighted by atomic mass is 9.74. The minimum absolute atomic E-state index is 0.0602. The van der Waals surface area contributed by atoms with Gasteiger partial charge in [0.25, 0.3) is 5.91 Å². The number of hydrogen-bond acceptors (Lipinski definition) is 3. The number of hydrogen-bond donors (Lipinski definition) is 2. The van der Waals surface area contributed by atoms with Crippen molar-refractivity contribution in [2.24, 2.45) is 11.1 Å². The lowest BCUT2D eigenvalue weighted by molar-refractivity contribution is -0.123. The van der Waals surface area contributed by atoms with Crippen LogP contribution in [0, 0.1) is 5.41 Å². The molecule has 0 saturated heterocycles. The lowest BCUT2D eigenvalue weighted by Crippen LogP contribution is -2.44. The van der Waals surface area contributed by atoms with E-state index in [-0.39, 0.29) is 17.9 Å². The molecule has 1 saturated carbocycles. The van der Waals surface area contributed by atoms with Gasteiger partial charge < -0.3 is 15.8 Å². The van der Waals surface area contributed by atoms with E-state index < -0.39 is 0 Å². The summed E-state index contributed by atoms with van der Waals surface area (Å²) < 4.78 is 5.43. The van der Waals surface area contributed by atoms with E-state index in [2.05, 4.69) is 5.32 Å². The summed E-state index contributed by atoms with van der Waals surface area (Å²) in [5, 5.41) is 2.97. The Labute approximate surface area is 120 Å². The van der Waals surface area contributed by atoms with Crippen molar-refractivity contribution in [1.82, 2.24) is 5.32 Å². The predicted octanol–water partition coefficient (Wildman–Crippen LogP) is 2.09. The first-order chi connectivity index (χ1) is 9.74. The van der Waals surface area contributed by atoms with Gasteiger partial charge in [-0.05, 0) is 36.9 Å². The van der Waals surface area contributed by atoms with E-state index in [1.807, 2.05) is 30.3 Å². The number of amides is 1. The van der Waals surface area contributed by atoms with E-state index in [0.29, 0.717) is 18.8 Å². The van der Waals surface area contributed by atoms with Gasteiger partial charge in [0, 0.05) is 6.54 Å². The molecule has 110 valence electrons. The van der Waals surface area contributed by atoms with Gasteiger partial charge in [-0.2, -0.15) is 0 Å². The molecule has 1 aromatic rings. The summed E-state index contributed by atoms with van der Waals surface area (Å²) in [5.41, 5.74) is 6.00. The van der Waals surface area contributed by atoms with Gasteiger partial charge in [0.05, 0.1) is 0 Å². The average molecular weight is 276 g/mol. The Kier molecular flexibility index (Phi) is 5.41. The number of nitrogens with one attached hydrogen (secondary N) is 1. The molecule has 0 unspecified atom stereocenters. The van der Waals surface area contributed by atoms with Crippen molar-refractivity contribution in [3.63, 3.8) is 0 Å². The second-order valence-corrected chi connectivity index (χ2v) is 5.64. The lowest BCUT2D eigenvalue weighted by Gasteiger charge is -2.36. The zero-order chi connectivity index (χ0) is 14.3. The molecule has 4 heteroatoms. The van der Waals surface area contributed by atoms with Gasteiger partial charge in [-0.25, -0.2) is 0 Å². The maximum absolute atomic E-state index is 11.8. The van der Waals surface area contributed by atoms with Crippen LogP contribution in [0.15, 0.2) is 30.3 Å². The maximum Gasteiger partial charge on any atom is 0.257 e. The Morgan fingerprint density at radius 2 is 1.90 bits per heavy atom. The summed E-state index contributed by atoms with van der Waals surface area (Å²) in [6.45, 7) is 1.37. The number of ether oxygens (including phenoxy) is 1. The van der Waals surface area contributed by atoms with Crippen LogP contribution >= 0.6 is 0 Å². The van der Waals surface area contributed by atoms with Crippen molar-refractivity contribution in [3.05, 3.63) is 30.3 Å². The van der Waals surface area contributed by atoms with E-state index in [1.54, 1.807) is 0 Å². The SMILES string of the molecule is NCC1(CNC(=O)COc2ccccc2)CCCCC1. The van der Waals surface area contributed by atoms with Crippen LogP contribution < -0.4 is 15.8 Å². The third-order valence-corrected chi connectivity index (χ3v) is 4.12. The van der Waals surface area contributed by atoms with Crippen LogP contribution in [0.25, 0.3) is 0 Å². The number of carbonyl (C=O) groups is 1. The molecule has 0 bridgehead atoms. The normalized spacial score (nSPS) is 17.4. The van der Waals surface area contributed by atoms with Gasteiger partial charge >= 0.3 is 0 Å². The van der Waals surface area contributed by atoms with Crippen molar-refractivity contribution >= 4 is 5.91 Å². The summed E-state index contributed by atoms with van der Waals surface area (Å²) in [6, 6.07) is 9.38. The fraction of sp³-hybridized carbons (Fsp3) is 0.562. The highest BCUT2D eigenvalue weighted by Crippen LogP contribution is 2.34. The highest BCUT2D eigenvalue weighted by molar-refractivity contribution is 5.77. The van der Waals surface area contributed by atoms with Gasteiger partial charge in [0.15, 0.2) is 6.61 Å². The maximum atomic E-state index is 11.8. The fourth-order valence-electron chi connectivity index (χ4n) is 2.76. The Hall–Kier alpha value is -1.55. The topological polar surface area (TPSA) is 64.3 Å². The summed E-state index contributed by atoms with van der Waals surface area (Å²) in [7, 11) is 0. The minimum atomic E-state index is -0.0766. The van der Waals surface area contributed by atoms with Crippen LogP contribution in [0.3, 0.4) is 0 Å². The van der Waals surface area contributed by atoms with Gasteiger partial charge in [0.1, 0.15) is 5.75 Å². The number of benzene rings is 1. The average Bonchev–Trinajstić information content (AvgIpc) is 2.53. The van der Waals surface area contributed by atoms with Gasteiger partial charge in [-0.15, -0.1) is 0 Å². The standard InChI is InChI=1S/C16H24N2O2/c17-12-16(9-5-2-6-10-16)13-18-15(19)11-20-14-7-3-1-4-8-14/h1,3-4,7-8H,2,5-6,9-13,17H2,(H,18,19). The molecule has 0 aromatic heterocycles. The number of nitrogens with two attached hydrogens (primary N) is 1. The van der Waals surface area contributed by atoms with E-state index in [0.717, 1.165) is 12.8 Å². The van der Waals surface area contributed by atoms with Crippen LogP contribution in [0.1, 0.15) is 32.1 Å². The molecule has 0 spiro atoms. The van der Waals surface area contributed by atoms with Crippen molar-refractivity contribution in [1.29, 1.82) is 0 Å². The first-order valence-electron chi connectivity index (χ1n) is 7.39. The molecule has 1 fully saturated rings. The minimum Gasteiger partial charge on any atom is -0.484 e. The molecule has 2 rings (SSSR count). The zero-order valence-electron chi connectivity index (χ0n) is 11.9. The molecule has 0 radical (unpaired) electrons. The summed E-state index contributed by atoms with van der Waals surface area (Å²) >= 11 is 0. The van der Waals surface area contributed by atoms with Gasteiger partial charge in [-0.3, -0.25) is 4.79 Å². The second-order valence-electron chi connectivity index (χ2n) is 5.64. The molecule has 3 N–H and O–H groups in total. The molecule has 4 nitrogen and oxygen atoms in total. The summed E-state index contributed by atoms with van der Waals surface area (Å²) in [6.07, 6.45) is 5.95. The van der Waals surface area contributed by atoms with Crippen molar-refractivity contribution in [3.8, 4) is 5.75 Å². The van der Waals surface area contributed by atoms with Crippen molar-refractivity contribution in [2.75, 3.05) is 19.7 Å². The molecular weight excluding hydrogens is 252 g/mol. The predicted molar refractivity (Wildman–Crippen MR) is 79.5 cm³/mol. The molecule has 1 aromatic carbocycles. The Morgan fingerprint density at radius 3 is 2.55 bits per heavy atom. The van der Waals surface area contributed by atoms with Crippen LogP contribution in [-0.4, -0.2) is 25.6 Å². The second kappa shape index (κ2) is 7.29. The van der Waals surface area contributed by atoms with Crippen LogP contribution in [0.5, 0.6) is 5.75 Å². The van der Waals surface area contributed by atoms with Crippen LogP contribution in [-0.2, 0) is 4.79 Å². The monoisotopic (exact) mass is 276 g/mol. The van der Waals surface area contributed by atoms with Gasteiger partial charge in [0.2, 0.25) is 0 Å².